The van der Waals surface area contributed by atoms with Gasteiger partial charge in [-0.15, -0.1) is 0 Å². The molecule has 3 saturated heterocycles. The molecule has 3 aliphatic heterocycles. The number of nitrogen functional groups attached to an aromatic ring is 1. The van der Waals surface area contributed by atoms with Crippen molar-refractivity contribution in [3.8, 4) is 29.2 Å². The number of nitrogens with one attached hydrogen (secondary N) is 1. The van der Waals surface area contributed by atoms with Crippen molar-refractivity contribution in [2.75, 3.05) is 57.6 Å². The zero-order chi connectivity index (χ0) is 34.7. The molecule has 5 heterocycles. The van der Waals surface area contributed by atoms with Crippen molar-refractivity contribution in [1.82, 2.24) is 25.2 Å². The molecule has 3 fully saturated rings. The SMILES string of the molecule is COc1nc(-c2c(C#N)c(N)cc(Cl)c2C(F)(F)F)c(F)c2nc(OC[C@]3(C)CN(C)CC[C@@H]3C(F)F)nc(N3C[C@H]4CC[C@@H](C3)N4)c12. The number of pyridine rings is 1. The van der Waals surface area contributed by atoms with Crippen LogP contribution in [0.2, 0.25) is 5.02 Å². The number of alkyl halides is 5. The predicted octanol–water partition coefficient (Wildman–Crippen LogP) is 5.51. The van der Waals surface area contributed by atoms with Crippen LogP contribution in [0.25, 0.3) is 22.2 Å². The van der Waals surface area contributed by atoms with Crippen molar-refractivity contribution in [2.45, 2.75) is 50.9 Å². The maximum absolute atomic E-state index is 16.8. The van der Waals surface area contributed by atoms with E-state index < -0.39 is 68.4 Å². The average Bonchev–Trinajstić information content (AvgIpc) is 3.35. The molecule has 17 heteroatoms. The molecule has 258 valence electrons. The van der Waals surface area contributed by atoms with Crippen molar-refractivity contribution in [2.24, 2.45) is 11.3 Å². The highest BCUT2D eigenvalue weighted by atomic mass is 35.5. The molecule has 10 nitrogen and oxygen atoms in total. The molecule has 2 aromatic heterocycles. The molecule has 6 rings (SSSR count). The number of nitriles is 1. The standard InChI is InChI=1S/C31H33ClF6N8O2/c1-30(12-45(2)7-6-17(30)26(34)35)13-48-29-43-25-21(27(44-29)46-10-14-4-5-15(11-46)41-14)28(47-3)42-24(23(25)33)20-16(9-39)19(40)8-18(32)22(20)31(36,37)38/h8,14-15,17,26,41H,4-7,10-13,40H2,1-3H3/t14-,15+,17-,30+/m1/s1. The lowest BCUT2D eigenvalue weighted by atomic mass is 9.73. The maximum atomic E-state index is 16.8. The molecule has 0 unspecified atom stereocenters. The fraction of sp³-hybridized carbons (Fsp3) is 0.548. The van der Waals surface area contributed by atoms with Gasteiger partial charge in [-0.05, 0) is 38.9 Å². The second-order valence-electron chi connectivity index (χ2n) is 13.0. The van der Waals surface area contributed by atoms with E-state index in [4.69, 9.17) is 26.8 Å². The summed E-state index contributed by atoms with van der Waals surface area (Å²) in [6.07, 6.45) is -5.76. The summed E-state index contributed by atoms with van der Waals surface area (Å²) < 4.78 is 99.9. The van der Waals surface area contributed by atoms with E-state index in [1.165, 1.54) is 7.11 Å². The van der Waals surface area contributed by atoms with Crippen LogP contribution in [0.3, 0.4) is 0 Å². The van der Waals surface area contributed by atoms with Gasteiger partial charge in [-0.25, -0.2) is 18.2 Å². The van der Waals surface area contributed by atoms with E-state index in [0.717, 1.165) is 18.9 Å². The Hall–Kier alpha value is -3.81. The Morgan fingerprint density at radius 2 is 1.88 bits per heavy atom. The van der Waals surface area contributed by atoms with Crippen molar-refractivity contribution in [1.29, 1.82) is 5.26 Å². The minimum absolute atomic E-state index is 0.0384. The Kier molecular flexibility index (Phi) is 8.92. The number of aromatic nitrogens is 3. The van der Waals surface area contributed by atoms with Gasteiger partial charge in [0.1, 0.15) is 28.5 Å². The molecule has 0 amide bonds. The third kappa shape index (κ3) is 6.00. The Bertz CT molecular complexity index is 1780. The number of nitrogens with two attached hydrogens (primary N) is 1. The summed E-state index contributed by atoms with van der Waals surface area (Å²) in [6.45, 7) is 3.09. The van der Waals surface area contributed by atoms with E-state index in [2.05, 4.69) is 20.3 Å². The number of hydrogen-bond acceptors (Lipinski definition) is 10. The molecule has 48 heavy (non-hydrogen) atoms. The van der Waals surface area contributed by atoms with Crippen molar-refractivity contribution in [3.63, 3.8) is 0 Å². The zero-order valence-electron chi connectivity index (χ0n) is 26.3. The summed E-state index contributed by atoms with van der Waals surface area (Å²) in [7, 11) is 3.01. The number of rotatable bonds is 7. The lowest BCUT2D eigenvalue weighted by Crippen LogP contribution is -2.51. The van der Waals surface area contributed by atoms with Crippen LogP contribution in [0.15, 0.2) is 6.07 Å². The van der Waals surface area contributed by atoms with Crippen LogP contribution in [0.5, 0.6) is 11.9 Å². The van der Waals surface area contributed by atoms with Gasteiger partial charge >= 0.3 is 12.2 Å². The highest BCUT2D eigenvalue weighted by Crippen LogP contribution is 2.48. The van der Waals surface area contributed by atoms with E-state index in [1.54, 1.807) is 13.0 Å². The highest BCUT2D eigenvalue weighted by molar-refractivity contribution is 6.32. The molecule has 3 aromatic rings. The number of anilines is 2. The number of piperidine rings is 1. The molecule has 4 atom stereocenters. The smallest absolute Gasteiger partial charge is 0.418 e. The van der Waals surface area contributed by atoms with Gasteiger partial charge in [-0.2, -0.15) is 28.4 Å². The van der Waals surface area contributed by atoms with Gasteiger partial charge in [0, 0.05) is 48.6 Å². The van der Waals surface area contributed by atoms with E-state index in [-0.39, 0.29) is 54.8 Å². The Labute approximate surface area is 277 Å². The molecule has 3 N–H and O–H groups in total. The molecule has 1 aromatic carbocycles. The summed E-state index contributed by atoms with van der Waals surface area (Å²) in [5, 5.41) is 12.4. The average molecular weight is 699 g/mol. The number of nitrogens with zero attached hydrogens (tertiary/aromatic N) is 6. The maximum Gasteiger partial charge on any atom is 0.418 e. The molecule has 3 aliphatic rings. The van der Waals surface area contributed by atoms with Gasteiger partial charge in [-0.3, -0.25) is 0 Å². The third-order valence-corrected chi connectivity index (χ3v) is 9.85. The fourth-order valence-corrected chi connectivity index (χ4v) is 7.64. The molecule has 0 spiro atoms. The van der Waals surface area contributed by atoms with Crippen LogP contribution in [-0.4, -0.2) is 85.3 Å². The summed E-state index contributed by atoms with van der Waals surface area (Å²) in [5.74, 6) is -2.50. The topological polar surface area (TPSA) is 125 Å². The monoisotopic (exact) mass is 698 g/mol. The Balaban J connectivity index is 1.57. The lowest BCUT2D eigenvalue weighted by molar-refractivity contribution is -0.137. The first-order chi connectivity index (χ1) is 22.6. The number of ether oxygens (including phenoxy) is 2. The second-order valence-corrected chi connectivity index (χ2v) is 13.4. The number of methoxy groups -OCH3 is 1. The highest BCUT2D eigenvalue weighted by Gasteiger charge is 2.45. The number of hydrogen-bond donors (Lipinski definition) is 2. The van der Waals surface area contributed by atoms with Crippen molar-refractivity contribution in [3.05, 3.63) is 28.0 Å². The molecule has 0 saturated carbocycles. The van der Waals surface area contributed by atoms with E-state index in [9.17, 15) is 27.2 Å². The van der Waals surface area contributed by atoms with Gasteiger partial charge in [0.05, 0.1) is 35.6 Å². The normalized spacial score (nSPS) is 24.7. The van der Waals surface area contributed by atoms with Crippen LogP contribution in [0.1, 0.15) is 37.3 Å². The first kappa shape index (κ1) is 34.1. The summed E-state index contributed by atoms with van der Waals surface area (Å²) in [6, 6.07) is 2.19. The number of halogens is 7. The van der Waals surface area contributed by atoms with E-state index >= 15 is 4.39 Å². The van der Waals surface area contributed by atoms with Gasteiger partial charge in [-0.1, -0.05) is 18.5 Å². The number of benzene rings is 1. The van der Waals surface area contributed by atoms with E-state index in [0.29, 0.717) is 19.6 Å². The predicted molar refractivity (Wildman–Crippen MR) is 166 cm³/mol. The summed E-state index contributed by atoms with van der Waals surface area (Å²) >= 11 is 5.99. The largest absolute Gasteiger partial charge is 0.480 e. The Morgan fingerprint density at radius 1 is 1.19 bits per heavy atom. The second kappa shape index (κ2) is 12.6. The van der Waals surface area contributed by atoms with Crippen molar-refractivity contribution >= 4 is 34.0 Å². The van der Waals surface area contributed by atoms with E-state index in [1.807, 2.05) is 16.8 Å². The molecular weight excluding hydrogens is 666 g/mol. The summed E-state index contributed by atoms with van der Waals surface area (Å²) in [4.78, 5) is 16.8. The van der Waals surface area contributed by atoms with Gasteiger partial charge in [0.25, 0.3) is 0 Å². The van der Waals surface area contributed by atoms with Crippen molar-refractivity contribution < 1.29 is 35.8 Å². The van der Waals surface area contributed by atoms with Crippen LogP contribution in [-0.2, 0) is 6.18 Å². The van der Waals surface area contributed by atoms with Crippen LogP contribution in [0, 0.1) is 28.5 Å². The quantitative estimate of drug-likeness (QED) is 0.241. The van der Waals surface area contributed by atoms with Gasteiger partial charge < -0.3 is 30.3 Å². The lowest BCUT2D eigenvalue weighted by Gasteiger charge is -2.44. The number of piperazine rings is 1. The van der Waals surface area contributed by atoms with Crippen LogP contribution >= 0.6 is 11.6 Å². The molecule has 0 radical (unpaired) electrons. The minimum Gasteiger partial charge on any atom is -0.480 e. The first-order valence-electron chi connectivity index (χ1n) is 15.3. The van der Waals surface area contributed by atoms with Crippen LogP contribution in [0.4, 0.5) is 37.8 Å². The number of likely N-dealkylation sites (tertiary alicyclic amines) is 1. The molecular formula is C31H33ClF6N8O2. The number of fused-ring (bicyclic) bond motifs is 3. The van der Waals surface area contributed by atoms with Crippen LogP contribution < -0.4 is 25.4 Å². The summed E-state index contributed by atoms with van der Waals surface area (Å²) in [5.41, 5.74) is -0.188. The molecule has 0 aliphatic carbocycles. The fourth-order valence-electron chi connectivity index (χ4n) is 7.32. The van der Waals surface area contributed by atoms with Gasteiger partial charge in [0.2, 0.25) is 12.3 Å². The minimum atomic E-state index is -5.14. The van der Waals surface area contributed by atoms with Gasteiger partial charge in [0.15, 0.2) is 5.82 Å². The third-order valence-electron chi connectivity index (χ3n) is 9.55. The first-order valence-corrected chi connectivity index (χ1v) is 15.7. The Morgan fingerprint density at radius 3 is 2.48 bits per heavy atom. The molecule has 2 bridgehead atoms. The zero-order valence-corrected chi connectivity index (χ0v) is 27.0.